The van der Waals surface area contributed by atoms with E-state index in [0.29, 0.717) is 12.0 Å². The van der Waals surface area contributed by atoms with Crippen molar-refractivity contribution in [1.82, 2.24) is 0 Å². The second-order valence-electron chi connectivity index (χ2n) is 3.65. The van der Waals surface area contributed by atoms with Crippen LogP contribution in [0.1, 0.15) is 12.8 Å². The minimum absolute atomic E-state index is 0.227. The van der Waals surface area contributed by atoms with Gasteiger partial charge in [-0.2, -0.15) is 0 Å². The number of rotatable bonds is 4. The van der Waals surface area contributed by atoms with Gasteiger partial charge in [0.25, 0.3) is 0 Å². The molecule has 0 bridgehead atoms. The van der Waals surface area contributed by atoms with Gasteiger partial charge >= 0.3 is 11.9 Å². The summed E-state index contributed by atoms with van der Waals surface area (Å²) in [7, 11) is 2.54. The van der Waals surface area contributed by atoms with Crippen LogP contribution in [0.15, 0.2) is 11.6 Å². The monoisotopic (exact) mass is 244 g/mol. The Labute approximate surface area is 99.2 Å². The lowest BCUT2D eigenvalue weighted by molar-refractivity contribution is -0.151. The molecule has 0 amide bonds. The molecule has 1 aliphatic carbocycles. The molecule has 1 aliphatic rings. The van der Waals surface area contributed by atoms with Gasteiger partial charge in [-0.25, -0.2) is 9.59 Å². The third-order valence-electron chi connectivity index (χ3n) is 2.55. The van der Waals surface area contributed by atoms with Crippen LogP contribution in [0.5, 0.6) is 0 Å². The van der Waals surface area contributed by atoms with Gasteiger partial charge in [0.1, 0.15) is 6.61 Å². The molecule has 0 heterocycles. The maximum atomic E-state index is 11.3. The predicted octanol–water partition coefficient (Wildman–Crippen LogP) is -0.201. The van der Waals surface area contributed by atoms with E-state index < -0.39 is 24.1 Å². The molecule has 17 heavy (non-hydrogen) atoms. The molecule has 0 saturated heterocycles. The van der Waals surface area contributed by atoms with Crippen LogP contribution in [0.4, 0.5) is 0 Å². The molecule has 0 aromatic carbocycles. The summed E-state index contributed by atoms with van der Waals surface area (Å²) < 4.78 is 14.2. The van der Waals surface area contributed by atoms with Gasteiger partial charge in [-0.3, -0.25) is 0 Å². The van der Waals surface area contributed by atoms with Crippen LogP contribution in [-0.4, -0.2) is 50.1 Å². The normalized spacial score (nSPS) is 23.8. The summed E-state index contributed by atoms with van der Waals surface area (Å²) in [6, 6.07) is 0. The molecule has 6 nitrogen and oxygen atoms in total. The van der Waals surface area contributed by atoms with Crippen LogP contribution in [0.3, 0.4) is 0 Å². The van der Waals surface area contributed by atoms with Crippen LogP contribution in [0.25, 0.3) is 0 Å². The topological polar surface area (TPSA) is 82.1 Å². The van der Waals surface area contributed by atoms with E-state index >= 15 is 0 Å². The van der Waals surface area contributed by atoms with Gasteiger partial charge in [0.2, 0.25) is 0 Å². The molecular formula is C11H16O6. The van der Waals surface area contributed by atoms with E-state index in [4.69, 9.17) is 4.74 Å². The highest BCUT2D eigenvalue weighted by molar-refractivity contribution is 5.88. The number of methoxy groups -OCH3 is 2. The number of aliphatic hydroxyl groups is 1. The quantitative estimate of drug-likeness (QED) is 0.689. The molecule has 6 heteroatoms. The predicted molar refractivity (Wildman–Crippen MR) is 57.1 cm³/mol. The number of hydrogen-bond donors (Lipinski definition) is 1. The third-order valence-corrected chi connectivity index (χ3v) is 2.55. The van der Waals surface area contributed by atoms with Crippen LogP contribution in [0, 0.1) is 0 Å². The maximum absolute atomic E-state index is 11.3. The molecule has 0 aromatic heterocycles. The van der Waals surface area contributed by atoms with E-state index in [1.807, 2.05) is 0 Å². The van der Waals surface area contributed by atoms with Gasteiger partial charge in [0.15, 0.2) is 0 Å². The van der Waals surface area contributed by atoms with Crippen molar-refractivity contribution in [3.05, 3.63) is 11.6 Å². The molecule has 2 atom stereocenters. The molecule has 0 fully saturated rings. The number of carbonyl (C=O) groups is 2. The van der Waals surface area contributed by atoms with E-state index in [-0.39, 0.29) is 13.0 Å². The zero-order valence-corrected chi connectivity index (χ0v) is 9.84. The fourth-order valence-electron chi connectivity index (χ4n) is 1.55. The molecule has 0 saturated carbocycles. The van der Waals surface area contributed by atoms with Crippen molar-refractivity contribution in [2.45, 2.75) is 25.0 Å². The van der Waals surface area contributed by atoms with Crippen molar-refractivity contribution in [2.75, 3.05) is 20.8 Å². The molecule has 0 spiro atoms. The first-order valence-corrected chi connectivity index (χ1v) is 5.22. The molecule has 1 rings (SSSR count). The van der Waals surface area contributed by atoms with Crippen molar-refractivity contribution >= 4 is 11.9 Å². The summed E-state index contributed by atoms with van der Waals surface area (Å²) in [4.78, 5) is 22.2. The van der Waals surface area contributed by atoms with E-state index in [1.54, 1.807) is 6.08 Å². The first-order chi connectivity index (χ1) is 8.08. The minimum Gasteiger partial charge on any atom is -0.467 e. The van der Waals surface area contributed by atoms with Gasteiger partial charge < -0.3 is 19.3 Å². The summed E-state index contributed by atoms with van der Waals surface area (Å²) in [6.45, 7) is -0.243. The molecule has 96 valence electrons. The van der Waals surface area contributed by atoms with Crippen LogP contribution < -0.4 is 0 Å². The van der Waals surface area contributed by atoms with Gasteiger partial charge in [-0.05, 0) is 6.42 Å². The second-order valence-corrected chi connectivity index (χ2v) is 3.65. The van der Waals surface area contributed by atoms with Gasteiger partial charge in [-0.15, -0.1) is 0 Å². The van der Waals surface area contributed by atoms with Crippen LogP contribution in [-0.2, 0) is 23.8 Å². The summed E-state index contributed by atoms with van der Waals surface area (Å²) in [5.74, 6) is -0.963. The number of esters is 2. The third kappa shape index (κ3) is 3.83. The largest absolute Gasteiger partial charge is 0.467 e. The second kappa shape index (κ2) is 6.36. The molecule has 1 N–H and O–H groups in total. The minimum atomic E-state index is -0.729. The Morgan fingerprint density at radius 3 is 2.71 bits per heavy atom. The summed E-state index contributed by atoms with van der Waals surface area (Å²) in [5.41, 5.74) is 0.452. The summed E-state index contributed by atoms with van der Waals surface area (Å²) >= 11 is 0. The highest BCUT2D eigenvalue weighted by Crippen LogP contribution is 2.22. The van der Waals surface area contributed by atoms with Crippen molar-refractivity contribution in [1.29, 1.82) is 0 Å². The number of hydrogen-bond acceptors (Lipinski definition) is 6. The lowest BCUT2D eigenvalue weighted by Crippen LogP contribution is -2.35. The Balaban J connectivity index is 2.53. The van der Waals surface area contributed by atoms with Crippen molar-refractivity contribution in [3.8, 4) is 0 Å². The van der Waals surface area contributed by atoms with Crippen LogP contribution >= 0.6 is 0 Å². The van der Waals surface area contributed by atoms with Gasteiger partial charge in [-0.1, -0.05) is 6.08 Å². The van der Waals surface area contributed by atoms with Crippen LogP contribution in [0.2, 0.25) is 0 Å². The molecular weight excluding hydrogens is 228 g/mol. The average molecular weight is 244 g/mol. The standard InChI is InChI=1S/C11H16O6/c1-15-10(13)6-17-9-5-7(11(14)16-2)3-4-8(9)12/h3,8-9,12H,4-6H2,1-2H3/t8-,9-/m1/s1. The average Bonchev–Trinajstić information content (AvgIpc) is 2.36. The Morgan fingerprint density at radius 2 is 2.12 bits per heavy atom. The van der Waals surface area contributed by atoms with E-state index in [0.717, 1.165) is 0 Å². The highest BCUT2D eigenvalue weighted by Gasteiger charge is 2.28. The smallest absolute Gasteiger partial charge is 0.333 e. The fourth-order valence-corrected chi connectivity index (χ4v) is 1.55. The van der Waals surface area contributed by atoms with Gasteiger partial charge in [0, 0.05) is 12.0 Å². The zero-order chi connectivity index (χ0) is 12.8. The Kier molecular flexibility index (Phi) is 5.11. The maximum Gasteiger partial charge on any atom is 0.333 e. The van der Waals surface area contributed by atoms with Gasteiger partial charge in [0.05, 0.1) is 26.4 Å². The summed E-state index contributed by atoms with van der Waals surface area (Å²) in [5, 5.41) is 9.65. The first-order valence-electron chi connectivity index (χ1n) is 5.22. The molecule has 0 unspecified atom stereocenters. The SMILES string of the molecule is COC(=O)CO[C@@H]1CC(C(=O)OC)=CC[C@H]1O. The van der Waals surface area contributed by atoms with Crippen molar-refractivity contribution < 1.29 is 28.9 Å². The first kappa shape index (κ1) is 13.7. The fraction of sp³-hybridized carbons (Fsp3) is 0.636. The van der Waals surface area contributed by atoms with E-state index in [9.17, 15) is 14.7 Å². The summed E-state index contributed by atoms with van der Waals surface area (Å²) in [6.07, 6.45) is 0.830. The Bertz CT molecular complexity index is 322. The number of ether oxygens (including phenoxy) is 3. The highest BCUT2D eigenvalue weighted by atomic mass is 16.6. The van der Waals surface area contributed by atoms with E-state index in [1.165, 1.54) is 14.2 Å². The lowest BCUT2D eigenvalue weighted by Gasteiger charge is -2.26. The number of carbonyl (C=O) groups excluding carboxylic acids is 2. The zero-order valence-electron chi connectivity index (χ0n) is 9.84. The molecule has 0 aliphatic heterocycles. The Hall–Kier alpha value is -1.40. The van der Waals surface area contributed by atoms with Crippen molar-refractivity contribution in [3.63, 3.8) is 0 Å². The molecule has 0 radical (unpaired) electrons. The number of aliphatic hydroxyl groups excluding tert-OH is 1. The van der Waals surface area contributed by atoms with Crippen molar-refractivity contribution in [2.24, 2.45) is 0 Å². The molecule has 0 aromatic rings. The Morgan fingerprint density at radius 1 is 1.41 bits per heavy atom. The lowest BCUT2D eigenvalue weighted by atomic mass is 9.94. The van der Waals surface area contributed by atoms with E-state index in [2.05, 4.69) is 9.47 Å².